The molecule has 0 aromatic carbocycles. The van der Waals surface area contributed by atoms with E-state index in [4.69, 9.17) is 4.74 Å². The molecule has 0 N–H and O–H groups in total. The van der Waals surface area contributed by atoms with E-state index in [1.54, 1.807) is 13.2 Å². The molecule has 13 heavy (non-hydrogen) atoms. The highest BCUT2D eigenvalue weighted by atomic mass is 79.9. The summed E-state index contributed by atoms with van der Waals surface area (Å²) in [6, 6.07) is 3.53. The van der Waals surface area contributed by atoms with Gasteiger partial charge in [0, 0.05) is 18.5 Å². The van der Waals surface area contributed by atoms with Crippen molar-refractivity contribution in [3.63, 3.8) is 0 Å². The van der Waals surface area contributed by atoms with E-state index in [1.807, 2.05) is 6.07 Å². The van der Waals surface area contributed by atoms with E-state index >= 15 is 0 Å². The lowest BCUT2D eigenvalue weighted by molar-refractivity contribution is 0.101. The van der Waals surface area contributed by atoms with Gasteiger partial charge in [-0.05, 0) is 12.1 Å². The molecular formula is C9H10BrNO2. The maximum Gasteiger partial charge on any atom is 0.178 e. The minimum absolute atomic E-state index is 0.0429. The minimum Gasteiger partial charge on any atom is -0.378 e. The molecule has 0 aliphatic carbocycles. The van der Waals surface area contributed by atoms with Crippen LogP contribution in [-0.4, -0.2) is 17.9 Å². The summed E-state index contributed by atoms with van der Waals surface area (Å²) in [6.07, 6.45) is 0. The second kappa shape index (κ2) is 4.48. The van der Waals surface area contributed by atoms with Crippen LogP contribution in [-0.2, 0) is 11.3 Å². The zero-order valence-electron chi connectivity index (χ0n) is 7.50. The fraction of sp³-hybridized carbons (Fsp3) is 0.333. The normalized spacial score (nSPS) is 10.1. The molecule has 0 saturated carbocycles. The van der Waals surface area contributed by atoms with Gasteiger partial charge in [0.25, 0.3) is 0 Å². The molecule has 4 heteroatoms. The van der Waals surface area contributed by atoms with Crippen LogP contribution in [0.5, 0.6) is 0 Å². The molecule has 1 heterocycles. The second-order valence-corrected chi connectivity index (χ2v) is 3.57. The molecule has 0 aliphatic rings. The van der Waals surface area contributed by atoms with Gasteiger partial charge in [-0.15, -0.1) is 0 Å². The van der Waals surface area contributed by atoms with E-state index in [0.717, 1.165) is 10.2 Å². The Labute approximate surface area is 85.3 Å². The molecular weight excluding hydrogens is 234 g/mol. The Bertz CT molecular complexity index is 325. The summed E-state index contributed by atoms with van der Waals surface area (Å²) in [7, 11) is 1.59. The Morgan fingerprint density at radius 3 is 2.85 bits per heavy atom. The third kappa shape index (κ3) is 2.90. The quantitative estimate of drug-likeness (QED) is 0.765. The first-order valence-electron chi connectivity index (χ1n) is 3.80. The molecule has 1 aromatic heterocycles. The number of nitrogens with zero attached hydrogens (tertiary/aromatic N) is 1. The van der Waals surface area contributed by atoms with Gasteiger partial charge < -0.3 is 4.74 Å². The van der Waals surface area contributed by atoms with Crippen LogP contribution >= 0.6 is 15.9 Å². The van der Waals surface area contributed by atoms with Gasteiger partial charge in [0.05, 0.1) is 12.3 Å². The summed E-state index contributed by atoms with van der Waals surface area (Å²) in [5.41, 5.74) is 1.21. The van der Waals surface area contributed by atoms with Gasteiger partial charge >= 0.3 is 0 Å². The molecule has 0 aliphatic heterocycles. The van der Waals surface area contributed by atoms with Crippen LogP contribution in [0.15, 0.2) is 16.6 Å². The number of halogens is 1. The highest BCUT2D eigenvalue weighted by Crippen LogP contribution is 2.13. The van der Waals surface area contributed by atoms with E-state index in [1.165, 1.54) is 6.92 Å². The predicted molar refractivity (Wildman–Crippen MR) is 52.7 cm³/mol. The maximum absolute atomic E-state index is 11.0. The van der Waals surface area contributed by atoms with Crippen molar-refractivity contribution in [1.82, 2.24) is 4.98 Å². The van der Waals surface area contributed by atoms with Crippen molar-refractivity contribution in [2.24, 2.45) is 0 Å². The van der Waals surface area contributed by atoms with E-state index in [2.05, 4.69) is 20.9 Å². The van der Waals surface area contributed by atoms with Crippen LogP contribution in [0.3, 0.4) is 0 Å². The van der Waals surface area contributed by atoms with Gasteiger partial charge in [0.1, 0.15) is 5.69 Å². The summed E-state index contributed by atoms with van der Waals surface area (Å²) < 4.78 is 5.77. The SMILES string of the molecule is COCc1cc(Br)cc(C(C)=O)n1. The van der Waals surface area contributed by atoms with Crippen molar-refractivity contribution in [2.75, 3.05) is 7.11 Å². The van der Waals surface area contributed by atoms with Gasteiger partial charge in [0.15, 0.2) is 5.78 Å². The fourth-order valence-electron chi connectivity index (χ4n) is 0.953. The van der Waals surface area contributed by atoms with Crippen molar-refractivity contribution < 1.29 is 9.53 Å². The lowest BCUT2D eigenvalue weighted by Crippen LogP contribution is -2.01. The van der Waals surface area contributed by atoms with E-state index in [0.29, 0.717) is 12.3 Å². The largest absolute Gasteiger partial charge is 0.378 e. The molecule has 70 valence electrons. The van der Waals surface area contributed by atoms with E-state index in [9.17, 15) is 4.79 Å². The van der Waals surface area contributed by atoms with Crippen LogP contribution in [0.2, 0.25) is 0 Å². The molecule has 3 nitrogen and oxygen atoms in total. The summed E-state index contributed by atoms with van der Waals surface area (Å²) in [4.78, 5) is 15.1. The average molecular weight is 244 g/mol. The Morgan fingerprint density at radius 2 is 2.31 bits per heavy atom. The summed E-state index contributed by atoms with van der Waals surface area (Å²) in [5, 5.41) is 0. The number of ketones is 1. The highest BCUT2D eigenvalue weighted by Gasteiger charge is 2.04. The zero-order chi connectivity index (χ0) is 9.84. The summed E-state index contributed by atoms with van der Waals surface area (Å²) >= 11 is 3.30. The van der Waals surface area contributed by atoms with Crippen molar-refractivity contribution in [2.45, 2.75) is 13.5 Å². The minimum atomic E-state index is -0.0429. The van der Waals surface area contributed by atoms with Crippen molar-refractivity contribution in [3.05, 3.63) is 28.0 Å². The van der Waals surface area contributed by atoms with Gasteiger partial charge in [0.2, 0.25) is 0 Å². The fourth-order valence-corrected chi connectivity index (χ4v) is 1.43. The van der Waals surface area contributed by atoms with Crippen LogP contribution in [0.1, 0.15) is 23.1 Å². The number of carbonyl (C=O) groups is 1. The van der Waals surface area contributed by atoms with Crippen molar-refractivity contribution in [3.8, 4) is 0 Å². The lowest BCUT2D eigenvalue weighted by atomic mass is 10.2. The van der Waals surface area contributed by atoms with Crippen LogP contribution in [0.4, 0.5) is 0 Å². The number of methoxy groups -OCH3 is 1. The van der Waals surface area contributed by atoms with Crippen LogP contribution in [0.25, 0.3) is 0 Å². The highest BCUT2D eigenvalue weighted by molar-refractivity contribution is 9.10. The molecule has 0 spiro atoms. The molecule has 0 bridgehead atoms. The summed E-state index contributed by atoms with van der Waals surface area (Å²) in [5.74, 6) is -0.0429. The van der Waals surface area contributed by atoms with Crippen LogP contribution < -0.4 is 0 Å². The first kappa shape index (κ1) is 10.3. The lowest BCUT2D eigenvalue weighted by Gasteiger charge is -2.02. The first-order valence-corrected chi connectivity index (χ1v) is 4.59. The third-order valence-corrected chi connectivity index (χ3v) is 1.95. The van der Waals surface area contributed by atoms with Gasteiger partial charge in [-0.1, -0.05) is 15.9 Å². The number of carbonyl (C=O) groups excluding carboxylic acids is 1. The number of Topliss-reactive ketones (excluding diaryl/α,β-unsaturated/α-hetero) is 1. The number of hydrogen-bond acceptors (Lipinski definition) is 3. The van der Waals surface area contributed by atoms with Gasteiger partial charge in [-0.2, -0.15) is 0 Å². The monoisotopic (exact) mass is 243 g/mol. The standard InChI is InChI=1S/C9H10BrNO2/c1-6(12)9-4-7(10)3-8(11-9)5-13-2/h3-4H,5H2,1-2H3. The average Bonchev–Trinajstić information content (AvgIpc) is 2.03. The van der Waals surface area contributed by atoms with Gasteiger partial charge in [-0.3, -0.25) is 4.79 Å². The Kier molecular flexibility index (Phi) is 3.57. The number of pyridine rings is 1. The molecule has 0 unspecified atom stereocenters. The Balaban J connectivity index is 3.03. The van der Waals surface area contributed by atoms with Crippen molar-refractivity contribution >= 4 is 21.7 Å². The van der Waals surface area contributed by atoms with Gasteiger partial charge in [-0.25, -0.2) is 4.98 Å². The van der Waals surface area contributed by atoms with E-state index < -0.39 is 0 Å². The molecule has 0 radical (unpaired) electrons. The first-order chi connectivity index (χ1) is 6.13. The third-order valence-electron chi connectivity index (χ3n) is 1.50. The molecule has 0 amide bonds. The molecule has 1 rings (SSSR count). The van der Waals surface area contributed by atoms with Crippen molar-refractivity contribution in [1.29, 1.82) is 0 Å². The Hall–Kier alpha value is -0.740. The molecule has 1 aromatic rings. The zero-order valence-corrected chi connectivity index (χ0v) is 9.09. The predicted octanol–water partition coefficient (Wildman–Crippen LogP) is 2.19. The second-order valence-electron chi connectivity index (χ2n) is 2.65. The number of hydrogen-bond donors (Lipinski definition) is 0. The molecule has 0 atom stereocenters. The topological polar surface area (TPSA) is 39.2 Å². The maximum atomic E-state index is 11.0. The summed E-state index contributed by atoms with van der Waals surface area (Å²) in [6.45, 7) is 1.91. The number of aromatic nitrogens is 1. The van der Waals surface area contributed by atoms with Crippen LogP contribution in [0, 0.1) is 0 Å². The number of rotatable bonds is 3. The number of ether oxygens (including phenoxy) is 1. The van der Waals surface area contributed by atoms with E-state index in [-0.39, 0.29) is 5.78 Å². The molecule has 0 saturated heterocycles. The Morgan fingerprint density at radius 1 is 1.62 bits per heavy atom. The smallest absolute Gasteiger partial charge is 0.178 e. The molecule has 0 fully saturated rings.